The first-order valence-corrected chi connectivity index (χ1v) is 8.78. The summed E-state index contributed by atoms with van der Waals surface area (Å²) in [6.45, 7) is 0.599. The molecule has 0 radical (unpaired) electrons. The zero-order valence-corrected chi connectivity index (χ0v) is 14.6. The van der Waals surface area contributed by atoms with Crippen LogP contribution in [-0.4, -0.2) is 21.7 Å². The van der Waals surface area contributed by atoms with Gasteiger partial charge in [-0.2, -0.15) is 0 Å². The molecule has 1 heterocycles. The number of hydrogen-bond acceptors (Lipinski definition) is 3. The molecular formula is C18H14ClNOS2. The first-order valence-electron chi connectivity index (χ1n) is 7.18. The van der Waals surface area contributed by atoms with E-state index in [9.17, 15) is 4.79 Å². The molecule has 0 N–H and O–H groups in total. The largest absolute Gasteiger partial charge is 0.293 e. The molecule has 23 heavy (non-hydrogen) atoms. The maximum atomic E-state index is 12.5. The van der Waals surface area contributed by atoms with Crippen LogP contribution >= 0.6 is 35.6 Å². The van der Waals surface area contributed by atoms with Gasteiger partial charge in [0.15, 0.2) is 0 Å². The highest BCUT2D eigenvalue weighted by Gasteiger charge is 2.31. The minimum absolute atomic E-state index is 0.0316. The van der Waals surface area contributed by atoms with Gasteiger partial charge in [0.2, 0.25) is 0 Å². The van der Waals surface area contributed by atoms with Gasteiger partial charge >= 0.3 is 0 Å². The van der Waals surface area contributed by atoms with Crippen molar-refractivity contribution < 1.29 is 4.79 Å². The smallest absolute Gasteiger partial charge is 0.266 e. The van der Waals surface area contributed by atoms with Gasteiger partial charge in [-0.15, -0.1) is 0 Å². The summed E-state index contributed by atoms with van der Waals surface area (Å²) < 4.78 is 0.610. The van der Waals surface area contributed by atoms with Crippen molar-refractivity contribution in [1.82, 2.24) is 4.90 Å². The van der Waals surface area contributed by atoms with E-state index in [1.54, 1.807) is 4.90 Å². The normalized spacial score (nSPS) is 16.4. The monoisotopic (exact) mass is 359 g/mol. The number of thioether (sulfide) groups is 1. The summed E-state index contributed by atoms with van der Waals surface area (Å²) in [5.74, 6) is -0.0316. The maximum absolute atomic E-state index is 12.5. The number of carbonyl (C=O) groups is 1. The summed E-state index contributed by atoms with van der Waals surface area (Å²) >= 11 is 12.7. The highest BCUT2D eigenvalue weighted by atomic mass is 35.5. The van der Waals surface area contributed by atoms with Crippen LogP contribution in [0.3, 0.4) is 0 Å². The molecule has 2 aromatic carbocycles. The number of halogens is 1. The van der Waals surface area contributed by atoms with Gasteiger partial charge in [0, 0.05) is 11.6 Å². The lowest BCUT2D eigenvalue weighted by molar-refractivity contribution is -0.122. The number of nitrogens with zero attached hydrogens (tertiary/aromatic N) is 1. The Morgan fingerprint density at radius 3 is 2.65 bits per heavy atom. The van der Waals surface area contributed by atoms with E-state index in [1.807, 2.05) is 48.5 Å². The minimum atomic E-state index is -0.0316. The Kier molecular flexibility index (Phi) is 5.16. The van der Waals surface area contributed by atoms with Gasteiger partial charge < -0.3 is 0 Å². The molecule has 0 bridgehead atoms. The van der Waals surface area contributed by atoms with Crippen LogP contribution in [0.25, 0.3) is 6.08 Å². The third-order valence-corrected chi connectivity index (χ3v) is 5.10. The number of thiocarbonyl (C=S) groups is 1. The Hall–Kier alpha value is -1.62. The van der Waals surface area contributed by atoms with Crippen LogP contribution in [0.15, 0.2) is 59.5 Å². The topological polar surface area (TPSA) is 20.3 Å². The van der Waals surface area contributed by atoms with Gasteiger partial charge in [-0.3, -0.25) is 9.69 Å². The van der Waals surface area contributed by atoms with E-state index in [2.05, 4.69) is 12.1 Å². The zero-order valence-electron chi connectivity index (χ0n) is 12.2. The second kappa shape index (κ2) is 7.30. The zero-order chi connectivity index (χ0) is 16.2. The third kappa shape index (κ3) is 4.02. The Morgan fingerprint density at radius 2 is 1.91 bits per heavy atom. The second-order valence-electron chi connectivity index (χ2n) is 5.12. The van der Waals surface area contributed by atoms with Crippen molar-refractivity contribution in [1.29, 1.82) is 0 Å². The summed E-state index contributed by atoms with van der Waals surface area (Å²) in [5, 5.41) is 0.651. The van der Waals surface area contributed by atoms with Crippen LogP contribution in [0.4, 0.5) is 0 Å². The molecule has 116 valence electrons. The van der Waals surface area contributed by atoms with Crippen molar-refractivity contribution in [3.63, 3.8) is 0 Å². The first-order chi connectivity index (χ1) is 11.1. The van der Waals surface area contributed by atoms with Crippen LogP contribution in [0.2, 0.25) is 5.02 Å². The fourth-order valence-corrected chi connectivity index (χ4v) is 3.83. The molecule has 1 amide bonds. The molecule has 2 nitrogen and oxygen atoms in total. The molecular weight excluding hydrogens is 346 g/mol. The van der Waals surface area contributed by atoms with E-state index < -0.39 is 0 Å². The summed E-state index contributed by atoms with van der Waals surface area (Å²) in [6, 6.07) is 17.5. The average Bonchev–Trinajstić information content (AvgIpc) is 2.80. The van der Waals surface area contributed by atoms with Crippen molar-refractivity contribution in [3.8, 4) is 0 Å². The van der Waals surface area contributed by atoms with Crippen molar-refractivity contribution >= 4 is 51.9 Å². The molecule has 0 aliphatic carbocycles. The lowest BCUT2D eigenvalue weighted by Crippen LogP contribution is -2.30. The van der Waals surface area contributed by atoms with E-state index >= 15 is 0 Å². The highest BCUT2D eigenvalue weighted by Crippen LogP contribution is 2.32. The summed E-state index contributed by atoms with van der Waals surface area (Å²) in [6.07, 6.45) is 2.63. The number of benzene rings is 2. The lowest BCUT2D eigenvalue weighted by atomic mass is 10.1. The quantitative estimate of drug-likeness (QED) is 0.578. The standard InChI is InChI=1S/C18H14ClNOS2/c19-15-8-4-7-14(11-15)12-16-17(21)20(18(22)23-16)10-9-13-5-2-1-3-6-13/h1-8,11-12H,9-10H2. The molecule has 3 rings (SSSR count). The Balaban J connectivity index is 1.72. The van der Waals surface area contributed by atoms with Crippen LogP contribution in [0, 0.1) is 0 Å². The number of hydrogen-bond donors (Lipinski definition) is 0. The maximum Gasteiger partial charge on any atom is 0.266 e. The molecule has 2 aromatic rings. The van der Waals surface area contributed by atoms with Gasteiger partial charge in [0.25, 0.3) is 5.91 Å². The SMILES string of the molecule is O=C1C(=Cc2cccc(Cl)c2)SC(=S)N1CCc1ccccc1. The molecule has 0 saturated carbocycles. The van der Waals surface area contributed by atoms with Crippen LogP contribution < -0.4 is 0 Å². The average molecular weight is 360 g/mol. The fourth-order valence-electron chi connectivity index (χ4n) is 2.33. The van der Waals surface area contributed by atoms with E-state index in [0.717, 1.165) is 12.0 Å². The van der Waals surface area contributed by atoms with E-state index in [-0.39, 0.29) is 5.91 Å². The van der Waals surface area contributed by atoms with Crippen molar-refractivity contribution in [2.75, 3.05) is 6.54 Å². The van der Waals surface area contributed by atoms with Gasteiger partial charge in [-0.05, 0) is 35.8 Å². The summed E-state index contributed by atoms with van der Waals surface area (Å²) in [5.41, 5.74) is 2.10. The highest BCUT2D eigenvalue weighted by molar-refractivity contribution is 8.26. The van der Waals surface area contributed by atoms with E-state index in [0.29, 0.717) is 20.8 Å². The van der Waals surface area contributed by atoms with Gasteiger partial charge in [0.1, 0.15) is 4.32 Å². The predicted molar refractivity (Wildman–Crippen MR) is 101 cm³/mol. The Labute approximate surface area is 150 Å². The second-order valence-corrected chi connectivity index (χ2v) is 7.24. The molecule has 0 atom stereocenters. The Bertz CT molecular complexity index is 774. The van der Waals surface area contributed by atoms with Gasteiger partial charge in [-0.25, -0.2) is 0 Å². The Morgan fingerprint density at radius 1 is 1.13 bits per heavy atom. The van der Waals surface area contributed by atoms with Crippen molar-refractivity contribution in [2.45, 2.75) is 6.42 Å². The molecule has 0 spiro atoms. The summed E-state index contributed by atoms with van der Waals surface area (Å²) in [4.78, 5) is 14.9. The van der Waals surface area contributed by atoms with Gasteiger partial charge in [-0.1, -0.05) is 78.0 Å². The third-order valence-electron chi connectivity index (χ3n) is 3.49. The molecule has 1 aliphatic rings. The molecule has 0 unspecified atom stereocenters. The lowest BCUT2D eigenvalue weighted by Gasteiger charge is -2.14. The summed E-state index contributed by atoms with van der Waals surface area (Å²) in [7, 11) is 0. The van der Waals surface area contributed by atoms with Crippen LogP contribution in [0.1, 0.15) is 11.1 Å². The fraction of sp³-hybridized carbons (Fsp3) is 0.111. The molecule has 1 saturated heterocycles. The van der Waals surface area contributed by atoms with E-state index in [1.165, 1.54) is 17.3 Å². The number of carbonyl (C=O) groups excluding carboxylic acids is 1. The number of rotatable bonds is 4. The first kappa shape index (κ1) is 16.2. The van der Waals surface area contributed by atoms with Gasteiger partial charge in [0.05, 0.1) is 4.91 Å². The number of amides is 1. The van der Waals surface area contributed by atoms with E-state index in [4.69, 9.17) is 23.8 Å². The van der Waals surface area contributed by atoms with Crippen LogP contribution in [-0.2, 0) is 11.2 Å². The van der Waals surface area contributed by atoms with Crippen molar-refractivity contribution in [2.24, 2.45) is 0 Å². The molecule has 0 aromatic heterocycles. The molecule has 1 fully saturated rings. The molecule has 1 aliphatic heterocycles. The van der Waals surface area contributed by atoms with Crippen LogP contribution in [0.5, 0.6) is 0 Å². The molecule has 5 heteroatoms. The van der Waals surface area contributed by atoms with Crippen molar-refractivity contribution in [3.05, 3.63) is 75.7 Å². The predicted octanol–water partition coefficient (Wildman–Crippen LogP) is 4.78. The minimum Gasteiger partial charge on any atom is -0.293 e.